The molecular formula is C15H22N2O2S. The number of nitrogens with one attached hydrogen (secondary N) is 2. The van der Waals surface area contributed by atoms with Crippen molar-refractivity contribution in [3.05, 3.63) is 29.3 Å². The quantitative estimate of drug-likeness (QED) is 0.757. The molecule has 0 bridgehead atoms. The SMILES string of the molecule is CCCNC(=O)CNC(=O)CSc1ccc(C)cc1C. The molecule has 0 aliphatic rings. The van der Waals surface area contributed by atoms with E-state index >= 15 is 0 Å². The third-order valence-electron chi connectivity index (χ3n) is 2.71. The van der Waals surface area contributed by atoms with Gasteiger partial charge in [-0.3, -0.25) is 9.59 Å². The summed E-state index contributed by atoms with van der Waals surface area (Å²) in [6.07, 6.45) is 0.891. The fourth-order valence-electron chi connectivity index (χ4n) is 1.66. The number of rotatable bonds is 7. The van der Waals surface area contributed by atoms with Crippen LogP contribution in [0.4, 0.5) is 0 Å². The van der Waals surface area contributed by atoms with Gasteiger partial charge in [0.25, 0.3) is 0 Å². The first-order chi connectivity index (χ1) is 9.52. The number of thioether (sulfide) groups is 1. The van der Waals surface area contributed by atoms with Crippen LogP contribution in [0.5, 0.6) is 0 Å². The Balaban J connectivity index is 2.31. The molecule has 0 fully saturated rings. The van der Waals surface area contributed by atoms with Crippen LogP contribution in [-0.4, -0.2) is 30.7 Å². The van der Waals surface area contributed by atoms with Crippen LogP contribution in [0.25, 0.3) is 0 Å². The average Bonchev–Trinajstić information content (AvgIpc) is 2.41. The summed E-state index contributed by atoms with van der Waals surface area (Å²) in [5.74, 6) is 0.0589. The van der Waals surface area contributed by atoms with Gasteiger partial charge in [-0.1, -0.05) is 24.6 Å². The van der Waals surface area contributed by atoms with E-state index in [1.54, 1.807) is 0 Å². The Morgan fingerprint density at radius 2 is 1.90 bits per heavy atom. The number of benzene rings is 1. The Bertz CT molecular complexity index is 475. The lowest BCUT2D eigenvalue weighted by Gasteiger charge is -2.08. The van der Waals surface area contributed by atoms with Crippen molar-refractivity contribution >= 4 is 23.6 Å². The first-order valence-electron chi connectivity index (χ1n) is 6.76. The molecule has 0 heterocycles. The van der Waals surface area contributed by atoms with Gasteiger partial charge < -0.3 is 10.6 Å². The monoisotopic (exact) mass is 294 g/mol. The summed E-state index contributed by atoms with van der Waals surface area (Å²) in [4.78, 5) is 24.1. The minimum atomic E-state index is -0.142. The molecule has 0 saturated carbocycles. The number of carbonyl (C=O) groups excluding carboxylic acids is 2. The van der Waals surface area contributed by atoms with Crippen LogP contribution >= 0.6 is 11.8 Å². The molecule has 0 saturated heterocycles. The van der Waals surface area contributed by atoms with E-state index in [-0.39, 0.29) is 18.4 Å². The predicted molar refractivity (Wildman–Crippen MR) is 83.0 cm³/mol. The lowest BCUT2D eigenvalue weighted by Crippen LogP contribution is -2.37. The summed E-state index contributed by atoms with van der Waals surface area (Å²) in [5, 5.41) is 5.34. The van der Waals surface area contributed by atoms with Crippen molar-refractivity contribution in [3.63, 3.8) is 0 Å². The van der Waals surface area contributed by atoms with Crippen LogP contribution in [0.1, 0.15) is 24.5 Å². The molecule has 0 aliphatic heterocycles. The second-order valence-electron chi connectivity index (χ2n) is 4.68. The van der Waals surface area contributed by atoms with Gasteiger partial charge in [0.15, 0.2) is 0 Å². The molecule has 0 radical (unpaired) electrons. The molecular weight excluding hydrogens is 272 g/mol. The van der Waals surface area contributed by atoms with Crippen molar-refractivity contribution in [2.24, 2.45) is 0 Å². The second kappa shape index (κ2) is 8.64. The Morgan fingerprint density at radius 1 is 1.15 bits per heavy atom. The van der Waals surface area contributed by atoms with E-state index in [2.05, 4.69) is 16.7 Å². The minimum Gasteiger partial charge on any atom is -0.355 e. The van der Waals surface area contributed by atoms with Crippen molar-refractivity contribution in [2.45, 2.75) is 32.1 Å². The molecule has 4 nitrogen and oxygen atoms in total. The lowest BCUT2D eigenvalue weighted by atomic mass is 10.2. The third-order valence-corrected chi connectivity index (χ3v) is 3.88. The normalized spacial score (nSPS) is 10.2. The zero-order chi connectivity index (χ0) is 15.0. The van der Waals surface area contributed by atoms with Crippen molar-refractivity contribution in [1.29, 1.82) is 0 Å². The first-order valence-corrected chi connectivity index (χ1v) is 7.75. The van der Waals surface area contributed by atoms with E-state index < -0.39 is 0 Å². The largest absolute Gasteiger partial charge is 0.355 e. The van der Waals surface area contributed by atoms with E-state index in [0.717, 1.165) is 11.3 Å². The van der Waals surface area contributed by atoms with Crippen LogP contribution in [0.3, 0.4) is 0 Å². The summed E-state index contributed by atoms with van der Waals surface area (Å²) < 4.78 is 0. The van der Waals surface area contributed by atoms with Crippen LogP contribution in [0.15, 0.2) is 23.1 Å². The van der Waals surface area contributed by atoms with Crippen LogP contribution in [-0.2, 0) is 9.59 Å². The zero-order valence-electron chi connectivity index (χ0n) is 12.3. The van der Waals surface area contributed by atoms with E-state index in [0.29, 0.717) is 12.3 Å². The molecule has 1 aromatic carbocycles. The zero-order valence-corrected chi connectivity index (χ0v) is 13.1. The number of hydrogen-bond acceptors (Lipinski definition) is 3. The predicted octanol–water partition coefficient (Wildman–Crippen LogP) is 2.04. The molecule has 1 aromatic rings. The Labute approximate surface area is 124 Å². The number of amides is 2. The second-order valence-corrected chi connectivity index (χ2v) is 5.70. The first kappa shape index (κ1) is 16.6. The average molecular weight is 294 g/mol. The fourth-order valence-corrected chi connectivity index (χ4v) is 2.50. The third kappa shape index (κ3) is 6.10. The van der Waals surface area contributed by atoms with Gasteiger partial charge in [-0.2, -0.15) is 0 Å². The van der Waals surface area contributed by atoms with Gasteiger partial charge in [0.05, 0.1) is 12.3 Å². The van der Waals surface area contributed by atoms with Gasteiger partial charge in [-0.05, 0) is 31.9 Å². The van der Waals surface area contributed by atoms with Gasteiger partial charge in [0, 0.05) is 11.4 Å². The van der Waals surface area contributed by atoms with E-state index in [9.17, 15) is 9.59 Å². The minimum absolute atomic E-state index is 0.0479. The smallest absolute Gasteiger partial charge is 0.239 e. The summed E-state index contributed by atoms with van der Waals surface area (Å²) in [7, 11) is 0. The number of hydrogen-bond donors (Lipinski definition) is 2. The highest BCUT2D eigenvalue weighted by Gasteiger charge is 2.07. The van der Waals surface area contributed by atoms with Crippen LogP contribution in [0.2, 0.25) is 0 Å². The molecule has 0 unspecified atom stereocenters. The van der Waals surface area contributed by atoms with Gasteiger partial charge >= 0.3 is 0 Å². The van der Waals surface area contributed by atoms with Crippen molar-refractivity contribution in [2.75, 3.05) is 18.8 Å². The molecule has 1 rings (SSSR count). The van der Waals surface area contributed by atoms with E-state index in [1.165, 1.54) is 22.9 Å². The van der Waals surface area contributed by atoms with Crippen LogP contribution < -0.4 is 10.6 Å². The molecule has 0 spiro atoms. The Morgan fingerprint density at radius 3 is 2.55 bits per heavy atom. The number of aryl methyl sites for hydroxylation is 2. The fraction of sp³-hybridized carbons (Fsp3) is 0.467. The van der Waals surface area contributed by atoms with Crippen molar-refractivity contribution in [1.82, 2.24) is 10.6 Å². The molecule has 110 valence electrons. The summed E-state index contributed by atoms with van der Waals surface area (Å²) in [6.45, 7) is 6.76. The summed E-state index contributed by atoms with van der Waals surface area (Å²) in [5.41, 5.74) is 2.38. The Hall–Kier alpha value is -1.49. The maximum absolute atomic E-state index is 11.7. The maximum atomic E-state index is 11.7. The highest BCUT2D eigenvalue weighted by molar-refractivity contribution is 8.00. The van der Waals surface area contributed by atoms with E-state index in [1.807, 2.05) is 32.9 Å². The Kier molecular flexibility index (Phi) is 7.15. The van der Waals surface area contributed by atoms with Gasteiger partial charge in [-0.25, -0.2) is 0 Å². The van der Waals surface area contributed by atoms with E-state index in [4.69, 9.17) is 0 Å². The maximum Gasteiger partial charge on any atom is 0.239 e. The van der Waals surface area contributed by atoms with Crippen LogP contribution in [0, 0.1) is 13.8 Å². The van der Waals surface area contributed by atoms with Gasteiger partial charge in [0.2, 0.25) is 11.8 Å². The lowest BCUT2D eigenvalue weighted by molar-refractivity contribution is -0.124. The molecule has 20 heavy (non-hydrogen) atoms. The highest BCUT2D eigenvalue weighted by atomic mass is 32.2. The topological polar surface area (TPSA) is 58.2 Å². The molecule has 5 heteroatoms. The number of carbonyl (C=O) groups is 2. The van der Waals surface area contributed by atoms with Gasteiger partial charge in [-0.15, -0.1) is 11.8 Å². The summed E-state index contributed by atoms with van der Waals surface area (Å²) in [6, 6.07) is 6.15. The van der Waals surface area contributed by atoms with Crippen molar-refractivity contribution in [3.8, 4) is 0 Å². The molecule has 0 aliphatic carbocycles. The molecule has 2 N–H and O–H groups in total. The molecule has 0 atom stereocenters. The standard InChI is InChI=1S/C15H22N2O2S/c1-4-7-16-14(18)9-17-15(19)10-20-13-6-5-11(2)8-12(13)3/h5-6,8H,4,7,9-10H2,1-3H3,(H,16,18)(H,17,19). The van der Waals surface area contributed by atoms with Crippen molar-refractivity contribution < 1.29 is 9.59 Å². The molecule has 2 amide bonds. The summed E-state index contributed by atoms with van der Waals surface area (Å²) >= 11 is 1.49. The molecule has 0 aromatic heterocycles. The van der Waals surface area contributed by atoms with Gasteiger partial charge in [0.1, 0.15) is 0 Å². The highest BCUT2D eigenvalue weighted by Crippen LogP contribution is 2.22.